The minimum absolute atomic E-state index is 0.395. The van der Waals surface area contributed by atoms with Crippen molar-refractivity contribution < 1.29 is 0 Å². The average Bonchev–Trinajstić information content (AvgIpc) is 2.83. The van der Waals surface area contributed by atoms with Gasteiger partial charge in [-0.2, -0.15) is 0 Å². The number of nitrogens with two attached hydrogens (primary N) is 1. The van der Waals surface area contributed by atoms with Gasteiger partial charge < -0.3 is 5.73 Å². The highest BCUT2D eigenvalue weighted by Gasteiger charge is 2.13. The van der Waals surface area contributed by atoms with Crippen molar-refractivity contribution in [3.63, 3.8) is 0 Å². The van der Waals surface area contributed by atoms with Crippen molar-refractivity contribution in [3.8, 4) is 11.3 Å². The number of rotatable bonds is 6. The summed E-state index contributed by atoms with van der Waals surface area (Å²) in [5.41, 5.74) is 8.65. The molecule has 1 aromatic heterocycles. The molecule has 0 fully saturated rings. The normalized spacial score (nSPS) is 10.9. The first-order chi connectivity index (χ1) is 9.26. The topological polar surface area (TPSA) is 56.7 Å². The van der Waals surface area contributed by atoms with Crippen molar-refractivity contribution in [2.45, 2.75) is 39.3 Å². The number of hydrogen-bond donors (Lipinski definition) is 1. The minimum Gasteiger partial charge on any atom is -0.325 e. The van der Waals surface area contributed by atoms with Gasteiger partial charge in [-0.1, -0.05) is 48.7 Å². The average molecular weight is 279 g/mol. The van der Waals surface area contributed by atoms with E-state index in [1.165, 1.54) is 12.8 Å². The third-order valence-corrected chi connectivity index (χ3v) is 3.34. The molecule has 0 spiro atoms. The van der Waals surface area contributed by atoms with Gasteiger partial charge in [-0.05, 0) is 18.6 Å². The van der Waals surface area contributed by atoms with Crippen molar-refractivity contribution in [2.24, 2.45) is 5.73 Å². The Morgan fingerprint density at radius 1 is 1.21 bits per heavy atom. The first kappa shape index (κ1) is 14.0. The minimum atomic E-state index is 0.395. The van der Waals surface area contributed by atoms with E-state index >= 15 is 0 Å². The van der Waals surface area contributed by atoms with Gasteiger partial charge in [0.25, 0.3) is 0 Å². The summed E-state index contributed by atoms with van der Waals surface area (Å²) in [6.07, 6.45) is 3.48. The second-order valence-corrected chi connectivity index (χ2v) is 4.96. The van der Waals surface area contributed by atoms with Crippen molar-refractivity contribution in [1.29, 1.82) is 0 Å². The standard InChI is InChI=1S/C14H19ClN4/c1-2-3-4-9-19-14(13(10-16)17-18-19)11-5-7-12(15)8-6-11/h5-8H,2-4,9-10,16H2,1H3. The monoisotopic (exact) mass is 278 g/mol. The summed E-state index contributed by atoms with van der Waals surface area (Å²) in [7, 11) is 0. The maximum atomic E-state index is 5.93. The SMILES string of the molecule is CCCCCn1nnc(CN)c1-c1ccc(Cl)cc1. The maximum absolute atomic E-state index is 5.93. The van der Waals surface area contributed by atoms with Crippen LogP contribution in [-0.2, 0) is 13.1 Å². The molecule has 2 aromatic rings. The lowest BCUT2D eigenvalue weighted by atomic mass is 10.1. The van der Waals surface area contributed by atoms with Crippen LogP contribution in [0.2, 0.25) is 5.02 Å². The van der Waals surface area contributed by atoms with Crippen LogP contribution >= 0.6 is 11.6 Å². The Labute approximate surface area is 118 Å². The number of halogens is 1. The van der Waals surface area contributed by atoms with E-state index in [-0.39, 0.29) is 0 Å². The molecule has 0 radical (unpaired) electrons. The molecule has 0 aliphatic carbocycles. The maximum Gasteiger partial charge on any atom is 0.104 e. The summed E-state index contributed by atoms with van der Waals surface area (Å²) in [4.78, 5) is 0. The highest BCUT2D eigenvalue weighted by Crippen LogP contribution is 2.24. The van der Waals surface area contributed by atoms with Crippen LogP contribution in [0.25, 0.3) is 11.3 Å². The third-order valence-electron chi connectivity index (χ3n) is 3.09. The summed E-state index contributed by atoms with van der Waals surface area (Å²) in [6, 6.07) is 7.72. The first-order valence-corrected chi connectivity index (χ1v) is 7.02. The zero-order valence-corrected chi connectivity index (χ0v) is 11.9. The lowest BCUT2D eigenvalue weighted by Crippen LogP contribution is -2.04. The van der Waals surface area contributed by atoms with E-state index in [2.05, 4.69) is 17.2 Å². The molecule has 0 aliphatic rings. The van der Waals surface area contributed by atoms with E-state index in [0.717, 1.165) is 34.9 Å². The van der Waals surface area contributed by atoms with Gasteiger partial charge in [0.1, 0.15) is 5.69 Å². The molecule has 19 heavy (non-hydrogen) atoms. The van der Waals surface area contributed by atoms with E-state index in [9.17, 15) is 0 Å². The molecule has 4 nitrogen and oxygen atoms in total. The highest BCUT2D eigenvalue weighted by molar-refractivity contribution is 6.30. The molecule has 1 heterocycles. The third kappa shape index (κ3) is 3.33. The number of aromatic nitrogens is 3. The number of unbranched alkanes of at least 4 members (excludes halogenated alkanes) is 2. The van der Waals surface area contributed by atoms with E-state index in [1.807, 2.05) is 28.9 Å². The van der Waals surface area contributed by atoms with Crippen LogP contribution in [0.4, 0.5) is 0 Å². The Morgan fingerprint density at radius 3 is 2.58 bits per heavy atom. The van der Waals surface area contributed by atoms with Crippen molar-refractivity contribution >= 4 is 11.6 Å². The molecule has 0 bridgehead atoms. The van der Waals surface area contributed by atoms with Crippen LogP contribution in [0.1, 0.15) is 31.9 Å². The van der Waals surface area contributed by atoms with Crippen LogP contribution in [0, 0.1) is 0 Å². The zero-order chi connectivity index (χ0) is 13.7. The van der Waals surface area contributed by atoms with E-state index in [4.69, 9.17) is 17.3 Å². The van der Waals surface area contributed by atoms with Gasteiger partial charge in [0.15, 0.2) is 0 Å². The number of benzene rings is 1. The smallest absolute Gasteiger partial charge is 0.104 e. The van der Waals surface area contributed by atoms with Crippen LogP contribution in [0.5, 0.6) is 0 Å². The Bertz CT molecular complexity index is 519. The summed E-state index contributed by atoms with van der Waals surface area (Å²) in [6.45, 7) is 3.46. The predicted molar refractivity (Wildman–Crippen MR) is 77.9 cm³/mol. The molecule has 0 atom stereocenters. The summed E-state index contributed by atoms with van der Waals surface area (Å²) >= 11 is 5.93. The molecule has 2 rings (SSSR count). The number of aryl methyl sites for hydroxylation is 1. The predicted octanol–water partition coefficient (Wildman–Crippen LogP) is 3.25. The van der Waals surface area contributed by atoms with Crippen LogP contribution in [0.3, 0.4) is 0 Å². The molecular formula is C14H19ClN4. The first-order valence-electron chi connectivity index (χ1n) is 6.64. The highest BCUT2D eigenvalue weighted by atomic mass is 35.5. The molecule has 102 valence electrons. The molecule has 0 saturated carbocycles. The van der Waals surface area contributed by atoms with Gasteiger partial charge in [0.05, 0.1) is 5.69 Å². The van der Waals surface area contributed by atoms with Crippen LogP contribution in [-0.4, -0.2) is 15.0 Å². The second kappa shape index (κ2) is 6.68. The molecule has 2 N–H and O–H groups in total. The Morgan fingerprint density at radius 2 is 1.95 bits per heavy atom. The van der Waals surface area contributed by atoms with Gasteiger partial charge in [0.2, 0.25) is 0 Å². The number of nitrogens with zero attached hydrogens (tertiary/aromatic N) is 3. The van der Waals surface area contributed by atoms with E-state index < -0.39 is 0 Å². The van der Waals surface area contributed by atoms with Crippen LogP contribution in [0.15, 0.2) is 24.3 Å². The molecule has 5 heteroatoms. The quantitative estimate of drug-likeness (QED) is 0.825. The van der Waals surface area contributed by atoms with Gasteiger partial charge >= 0.3 is 0 Å². The van der Waals surface area contributed by atoms with Gasteiger partial charge in [-0.15, -0.1) is 5.10 Å². The summed E-state index contributed by atoms with van der Waals surface area (Å²) in [5.74, 6) is 0. The van der Waals surface area contributed by atoms with Crippen molar-refractivity contribution in [3.05, 3.63) is 35.0 Å². The fourth-order valence-corrected chi connectivity index (χ4v) is 2.20. The molecule has 0 aliphatic heterocycles. The van der Waals surface area contributed by atoms with E-state index in [0.29, 0.717) is 6.54 Å². The van der Waals surface area contributed by atoms with Gasteiger partial charge in [-0.3, -0.25) is 0 Å². The molecule has 0 unspecified atom stereocenters. The Hall–Kier alpha value is -1.39. The second-order valence-electron chi connectivity index (χ2n) is 4.53. The molecule has 1 aromatic carbocycles. The Kier molecular flexibility index (Phi) is 4.93. The van der Waals surface area contributed by atoms with Gasteiger partial charge in [-0.25, -0.2) is 4.68 Å². The largest absolute Gasteiger partial charge is 0.325 e. The fourth-order valence-electron chi connectivity index (χ4n) is 2.08. The van der Waals surface area contributed by atoms with Crippen molar-refractivity contribution in [1.82, 2.24) is 15.0 Å². The van der Waals surface area contributed by atoms with E-state index in [1.54, 1.807) is 0 Å². The zero-order valence-electron chi connectivity index (χ0n) is 11.1. The fraction of sp³-hybridized carbons (Fsp3) is 0.429. The lowest BCUT2D eigenvalue weighted by molar-refractivity contribution is 0.541. The number of hydrogen-bond acceptors (Lipinski definition) is 3. The van der Waals surface area contributed by atoms with Crippen LogP contribution < -0.4 is 5.73 Å². The Balaban J connectivity index is 2.30. The molecule has 0 amide bonds. The summed E-state index contributed by atoms with van der Waals surface area (Å²) in [5, 5.41) is 9.10. The summed E-state index contributed by atoms with van der Waals surface area (Å²) < 4.78 is 1.95. The van der Waals surface area contributed by atoms with Crippen molar-refractivity contribution in [2.75, 3.05) is 0 Å². The molecular weight excluding hydrogens is 260 g/mol. The van der Waals surface area contributed by atoms with Gasteiger partial charge in [0, 0.05) is 23.7 Å². The molecule has 0 saturated heterocycles. The lowest BCUT2D eigenvalue weighted by Gasteiger charge is -2.07.